The van der Waals surface area contributed by atoms with Crippen molar-refractivity contribution in [2.75, 3.05) is 19.6 Å². The molecule has 1 unspecified atom stereocenters. The SMILES string of the molecule is CCN(CC)CCC(N)c1cnn(CC)c1. The first kappa shape index (κ1) is 13.2. The van der Waals surface area contributed by atoms with E-state index in [0.717, 1.165) is 38.2 Å². The minimum Gasteiger partial charge on any atom is -0.324 e. The summed E-state index contributed by atoms with van der Waals surface area (Å²) in [6.07, 6.45) is 4.93. The van der Waals surface area contributed by atoms with E-state index in [4.69, 9.17) is 5.73 Å². The Kier molecular flexibility index (Phi) is 5.49. The molecular formula is C12H24N4. The van der Waals surface area contributed by atoms with Crippen LogP contribution in [-0.4, -0.2) is 34.3 Å². The Labute approximate surface area is 98.4 Å². The van der Waals surface area contributed by atoms with Crippen LogP contribution in [0.4, 0.5) is 0 Å². The summed E-state index contributed by atoms with van der Waals surface area (Å²) in [7, 11) is 0. The van der Waals surface area contributed by atoms with Crippen LogP contribution >= 0.6 is 0 Å². The molecule has 1 aromatic heterocycles. The minimum absolute atomic E-state index is 0.112. The first-order chi connectivity index (χ1) is 7.71. The van der Waals surface area contributed by atoms with Crippen LogP contribution < -0.4 is 5.73 Å². The normalized spacial score (nSPS) is 13.3. The van der Waals surface area contributed by atoms with E-state index in [1.807, 2.05) is 17.1 Å². The van der Waals surface area contributed by atoms with Crippen molar-refractivity contribution in [2.45, 2.75) is 39.8 Å². The first-order valence-electron chi connectivity index (χ1n) is 6.21. The monoisotopic (exact) mass is 224 g/mol. The van der Waals surface area contributed by atoms with Crippen LogP contribution in [0.5, 0.6) is 0 Å². The zero-order valence-electron chi connectivity index (χ0n) is 10.7. The predicted molar refractivity (Wildman–Crippen MR) is 67.2 cm³/mol. The van der Waals surface area contributed by atoms with Gasteiger partial charge in [0.15, 0.2) is 0 Å². The molecule has 4 heteroatoms. The molecule has 4 nitrogen and oxygen atoms in total. The lowest BCUT2D eigenvalue weighted by molar-refractivity contribution is 0.291. The number of rotatable bonds is 7. The van der Waals surface area contributed by atoms with Crippen molar-refractivity contribution in [1.82, 2.24) is 14.7 Å². The van der Waals surface area contributed by atoms with Crippen LogP contribution in [-0.2, 0) is 6.54 Å². The van der Waals surface area contributed by atoms with Crippen molar-refractivity contribution in [1.29, 1.82) is 0 Å². The van der Waals surface area contributed by atoms with E-state index in [0.29, 0.717) is 0 Å². The Morgan fingerprint density at radius 2 is 2.06 bits per heavy atom. The summed E-state index contributed by atoms with van der Waals surface area (Å²) in [5.41, 5.74) is 7.29. The largest absolute Gasteiger partial charge is 0.324 e. The molecule has 1 heterocycles. The zero-order chi connectivity index (χ0) is 12.0. The molecule has 0 amide bonds. The topological polar surface area (TPSA) is 47.1 Å². The number of hydrogen-bond donors (Lipinski definition) is 1. The molecule has 0 radical (unpaired) electrons. The van der Waals surface area contributed by atoms with Gasteiger partial charge in [-0.05, 0) is 33.0 Å². The lowest BCUT2D eigenvalue weighted by atomic mass is 10.1. The highest BCUT2D eigenvalue weighted by atomic mass is 15.3. The van der Waals surface area contributed by atoms with Crippen molar-refractivity contribution >= 4 is 0 Å². The fraction of sp³-hybridized carbons (Fsp3) is 0.750. The number of aromatic nitrogens is 2. The van der Waals surface area contributed by atoms with E-state index < -0.39 is 0 Å². The van der Waals surface area contributed by atoms with Crippen molar-refractivity contribution in [3.63, 3.8) is 0 Å². The van der Waals surface area contributed by atoms with Gasteiger partial charge in [0.1, 0.15) is 0 Å². The van der Waals surface area contributed by atoms with Gasteiger partial charge < -0.3 is 10.6 Å². The third-order valence-corrected chi connectivity index (χ3v) is 3.06. The van der Waals surface area contributed by atoms with Crippen LogP contribution in [0.2, 0.25) is 0 Å². The molecule has 92 valence electrons. The van der Waals surface area contributed by atoms with Gasteiger partial charge in [-0.15, -0.1) is 0 Å². The van der Waals surface area contributed by atoms with Crippen molar-refractivity contribution in [3.8, 4) is 0 Å². The second-order valence-corrected chi connectivity index (χ2v) is 4.05. The van der Waals surface area contributed by atoms with Gasteiger partial charge in [-0.1, -0.05) is 13.8 Å². The van der Waals surface area contributed by atoms with Crippen molar-refractivity contribution in [2.24, 2.45) is 5.73 Å². The zero-order valence-corrected chi connectivity index (χ0v) is 10.7. The third-order valence-electron chi connectivity index (χ3n) is 3.06. The van der Waals surface area contributed by atoms with E-state index in [1.165, 1.54) is 0 Å². The number of nitrogens with two attached hydrogens (primary N) is 1. The van der Waals surface area contributed by atoms with E-state index in [9.17, 15) is 0 Å². The van der Waals surface area contributed by atoms with E-state index in [2.05, 4.69) is 30.8 Å². The lowest BCUT2D eigenvalue weighted by Crippen LogP contribution is -2.26. The summed E-state index contributed by atoms with van der Waals surface area (Å²) < 4.78 is 1.92. The quantitative estimate of drug-likeness (QED) is 0.766. The number of aryl methyl sites for hydroxylation is 1. The number of nitrogens with zero attached hydrogens (tertiary/aromatic N) is 3. The van der Waals surface area contributed by atoms with Crippen LogP contribution in [0.25, 0.3) is 0 Å². The maximum Gasteiger partial charge on any atom is 0.0537 e. The van der Waals surface area contributed by atoms with E-state index >= 15 is 0 Å². The van der Waals surface area contributed by atoms with Gasteiger partial charge >= 0.3 is 0 Å². The standard InChI is InChI=1S/C12H24N4/c1-4-15(5-2)8-7-12(13)11-9-14-16(6-3)10-11/h9-10,12H,4-8,13H2,1-3H3. The summed E-state index contributed by atoms with van der Waals surface area (Å²) in [5, 5.41) is 4.25. The molecule has 16 heavy (non-hydrogen) atoms. The van der Waals surface area contributed by atoms with Gasteiger partial charge in [0.05, 0.1) is 6.20 Å². The Balaban J connectivity index is 2.42. The molecule has 0 aliphatic carbocycles. The van der Waals surface area contributed by atoms with Gasteiger partial charge in [-0.3, -0.25) is 4.68 Å². The fourth-order valence-corrected chi connectivity index (χ4v) is 1.77. The lowest BCUT2D eigenvalue weighted by Gasteiger charge is -2.19. The minimum atomic E-state index is 0.112. The van der Waals surface area contributed by atoms with Crippen molar-refractivity contribution in [3.05, 3.63) is 18.0 Å². The maximum atomic E-state index is 6.14. The van der Waals surface area contributed by atoms with Crippen LogP contribution in [0.1, 0.15) is 38.8 Å². The molecule has 1 aromatic rings. The molecule has 0 aliphatic heterocycles. The van der Waals surface area contributed by atoms with Crippen LogP contribution in [0.15, 0.2) is 12.4 Å². The van der Waals surface area contributed by atoms with Gasteiger partial charge in [-0.2, -0.15) is 5.10 Å². The average Bonchev–Trinajstić information content (AvgIpc) is 2.78. The van der Waals surface area contributed by atoms with Gasteiger partial charge in [-0.25, -0.2) is 0 Å². The van der Waals surface area contributed by atoms with Crippen LogP contribution in [0.3, 0.4) is 0 Å². The molecule has 0 fully saturated rings. The molecule has 1 atom stereocenters. The summed E-state index contributed by atoms with van der Waals surface area (Å²) in [6, 6.07) is 0.112. The second-order valence-electron chi connectivity index (χ2n) is 4.05. The van der Waals surface area contributed by atoms with E-state index in [1.54, 1.807) is 0 Å². The molecule has 0 bridgehead atoms. The first-order valence-corrected chi connectivity index (χ1v) is 6.21. The summed E-state index contributed by atoms with van der Waals surface area (Å²) in [5.74, 6) is 0. The molecule has 1 rings (SSSR count). The third kappa shape index (κ3) is 3.61. The van der Waals surface area contributed by atoms with Crippen molar-refractivity contribution < 1.29 is 0 Å². The fourth-order valence-electron chi connectivity index (χ4n) is 1.77. The van der Waals surface area contributed by atoms with Gasteiger partial charge in [0.2, 0.25) is 0 Å². The highest BCUT2D eigenvalue weighted by molar-refractivity contribution is 5.09. The second kappa shape index (κ2) is 6.66. The van der Waals surface area contributed by atoms with Crippen LogP contribution in [0, 0.1) is 0 Å². The highest BCUT2D eigenvalue weighted by Crippen LogP contribution is 2.13. The summed E-state index contributed by atoms with van der Waals surface area (Å²) in [6.45, 7) is 10.6. The van der Waals surface area contributed by atoms with Gasteiger partial charge in [0.25, 0.3) is 0 Å². The smallest absolute Gasteiger partial charge is 0.0537 e. The summed E-state index contributed by atoms with van der Waals surface area (Å²) >= 11 is 0. The predicted octanol–water partition coefficient (Wildman–Crippen LogP) is 1.63. The molecular weight excluding hydrogens is 200 g/mol. The van der Waals surface area contributed by atoms with E-state index in [-0.39, 0.29) is 6.04 Å². The Bertz CT molecular complexity index is 291. The molecule has 0 aromatic carbocycles. The Morgan fingerprint density at radius 3 is 2.56 bits per heavy atom. The molecule has 0 aliphatic rings. The molecule has 2 N–H and O–H groups in total. The molecule has 0 saturated carbocycles. The Hall–Kier alpha value is -0.870. The van der Waals surface area contributed by atoms with Gasteiger partial charge in [0, 0.05) is 24.3 Å². The number of hydrogen-bond acceptors (Lipinski definition) is 3. The molecule has 0 saturated heterocycles. The molecule has 0 spiro atoms. The Morgan fingerprint density at radius 1 is 1.38 bits per heavy atom. The summed E-state index contributed by atoms with van der Waals surface area (Å²) in [4.78, 5) is 2.39. The highest BCUT2D eigenvalue weighted by Gasteiger charge is 2.09. The maximum absolute atomic E-state index is 6.14. The average molecular weight is 224 g/mol.